The van der Waals surface area contributed by atoms with Crippen LogP contribution in [-0.2, 0) is 23.1 Å². The highest BCUT2D eigenvalue weighted by molar-refractivity contribution is 5.90. The second-order valence-electron chi connectivity index (χ2n) is 8.39. The zero-order valence-corrected chi connectivity index (χ0v) is 20.4. The van der Waals surface area contributed by atoms with Crippen molar-refractivity contribution in [2.24, 2.45) is 7.05 Å². The summed E-state index contributed by atoms with van der Waals surface area (Å²) in [6, 6.07) is 4.09. The Hall–Kier alpha value is -4.43. The summed E-state index contributed by atoms with van der Waals surface area (Å²) in [7, 11) is 1.44. The summed E-state index contributed by atoms with van der Waals surface area (Å²) in [5.41, 5.74) is -0.710. The number of fused-ring (bicyclic) bond motifs is 1. The molecule has 202 valence electrons. The number of rotatable bonds is 9. The number of aromatic nitrogens is 4. The predicted octanol–water partition coefficient (Wildman–Crippen LogP) is 0.862. The van der Waals surface area contributed by atoms with Crippen molar-refractivity contribution in [3.8, 4) is 0 Å². The number of cyclic esters (lactones) is 1. The van der Waals surface area contributed by atoms with E-state index in [4.69, 9.17) is 4.74 Å². The maximum atomic E-state index is 15.2. The van der Waals surface area contributed by atoms with Crippen LogP contribution in [0.3, 0.4) is 0 Å². The molecule has 3 heterocycles. The minimum absolute atomic E-state index is 0.0377. The number of benzene rings is 1. The second-order valence-corrected chi connectivity index (χ2v) is 8.39. The highest BCUT2D eigenvalue weighted by Crippen LogP contribution is 2.28. The molecule has 1 aliphatic rings. The molecule has 0 radical (unpaired) electrons. The largest absolute Gasteiger partial charge is 0.442 e. The summed E-state index contributed by atoms with van der Waals surface area (Å²) >= 11 is 0. The molecule has 1 atom stereocenters. The number of ether oxygens (including phenoxy) is 1. The molecule has 0 bridgehead atoms. The number of hydrogen-bond acceptors (Lipinski definition) is 8. The quantitative estimate of drug-likeness (QED) is 0.427. The molecule has 12 nitrogen and oxygen atoms in total. The predicted molar refractivity (Wildman–Crippen MR) is 130 cm³/mol. The van der Waals surface area contributed by atoms with E-state index >= 15 is 4.39 Å². The Morgan fingerprint density at radius 1 is 1.18 bits per heavy atom. The van der Waals surface area contributed by atoms with Crippen LogP contribution >= 0.6 is 0 Å². The fraction of sp³-hybridized carbons (Fsp3) is 0.391. The fourth-order valence-electron chi connectivity index (χ4n) is 4.14. The Balaban J connectivity index is 1.48. The third kappa shape index (κ3) is 5.17. The maximum absolute atomic E-state index is 15.2. The number of hydrogen-bond donors (Lipinski definition) is 1. The van der Waals surface area contributed by atoms with Crippen molar-refractivity contribution in [2.75, 3.05) is 36.0 Å². The van der Waals surface area contributed by atoms with E-state index < -0.39 is 41.5 Å². The van der Waals surface area contributed by atoms with Crippen molar-refractivity contribution in [1.29, 1.82) is 0 Å². The van der Waals surface area contributed by atoms with Crippen LogP contribution in [0, 0.1) is 5.82 Å². The standard InChI is InChI=1S/C23H24F3N7O5/c1-3-31(8-9-33-22(36)18-17(21(35)30(33)2)27-6-7-28-18)16-5-4-13(10-15(16)24)32-12-14(38-23(32)37)11-29-20(34)19(25)26/h4-7,10,14,19H,3,8-9,11-12H2,1-2H3,(H,29,34)/t14-/m0/s1. The third-order valence-corrected chi connectivity index (χ3v) is 6.12. The molecule has 1 N–H and O–H groups in total. The van der Waals surface area contributed by atoms with Gasteiger partial charge in [0.05, 0.1) is 31.0 Å². The third-order valence-electron chi connectivity index (χ3n) is 6.12. The van der Waals surface area contributed by atoms with Crippen LogP contribution in [0.4, 0.5) is 29.3 Å². The van der Waals surface area contributed by atoms with Gasteiger partial charge in [0.1, 0.15) is 11.9 Å². The number of likely N-dealkylation sites (N-methyl/N-ethyl adjacent to an activating group) is 1. The van der Waals surface area contributed by atoms with Crippen molar-refractivity contribution in [3.05, 3.63) is 57.1 Å². The van der Waals surface area contributed by atoms with Crippen LogP contribution in [0.1, 0.15) is 6.92 Å². The van der Waals surface area contributed by atoms with Crippen molar-refractivity contribution < 1.29 is 27.5 Å². The Morgan fingerprint density at radius 2 is 1.87 bits per heavy atom. The first-order valence-corrected chi connectivity index (χ1v) is 11.6. The van der Waals surface area contributed by atoms with E-state index in [2.05, 4.69) is 9.97 Å². The van der Waals surface area contributed by atoms with Gasteiger partial charge >= 0.3 is 12.5 Å². The molecule has 0 spiro atoms. The van der Waals surface area contributed by atoms with Crippen LogP contribution in [0.2, 0.25) is 0 Å². The zero-order valence-electron chi connectivity index (χ0n) is 20.4. The van der Waals surface area contributed by atoms with Gasteiger partial charge in [-0.1, -0.05) is 0 Å². The van der Waals surface area contributed by atoms with E-state index in [0.717, 1.165) is 15.6 Å². The van der Waals surface area contributed by atoms with Crippen LogP contribution in [-0.4, -0.2) is 70.0 Å². The summed E-state index contributed by atoms with van der Waals surface area (Å²) in [4.78, 5) is 59.4. The second kappa shape index (κ2) is 10.9. The molecule has 2 aromatic heterocycles. The molecule has 3 aromatic rings. The van der Waals surface area contributed by atoms with E-state index in [1.165, 1.54) is 36.3 Å². The van der Waals surface area contributed by atoms with E-state index in [0.29, 0.717) is 6.54 Å². The molecule has 2 amide bonds. The number of amides is 2. The summed E-state index contributed by atoms with van der Waals surface area (Å²) in [5.74, 6) is -2.13. The van der Waals surface area contributed by atoms with Crippen LogP contribution in [0.15, 0.2) is 40.2 Å². The molecule has 0 unspecified atom stereocenters. The highest BCUT2D eigenvalue weighted by Gasteiger charge is 2.33. The monoisotopic (exact) mass is 535 g/mol. The summed E-state index contributed by atoms with van der Waals surface area (Å²) in [6.45, 7) is 2.00. The molecule has 1 saturated heterocycles. The molecule has 15 heteroatoms. The molecule has 1 aliphatic heterocycles. The van der Waals surface area contributed by atoms with Crippen LogP contribution in [0.5, 0.6) is 0 Å². The summed E-state index contributed by atoms with van der Waals surface area (Å²) in [6.07, 6.45) is -2.23. The molecule has 1 fully saturated rings. The number of carbonyl (C=O) groups excluding carboxylic acids is 2. The fourth-order valence-corrected chi connectivity index (χ4v) is 4.14. The van der Waals surface area contributed by atoms with E-state index in [9.17, 15) is 28.0 Å². The van der Waals surface area contributed by atoms with Gasteiger partial charge in [0, 0.05) is 32.5 Å². The normalized spacial score (nSPS) is 15.3. The number of nitrogens with one attached hydrogen (secondary N) is 1. The van der Waals surface area contributed by atoms with Crippen molar-refractivity contribution in [3.63, 3.8) is 0 Å². The topological polar surface area (TPSA) is 132 Å². The van der Waals surface area contributed by atoms with Gasteiger partial charge in [0.25, 0.3) is 17.0 Å². The van der Waals surface area contributed by atoms with Crippen LogP contribution in [0.25, 0.3) is 11.0 Å². The maximum Gasteiger partial charge on any atom is 0.414 e. The molecule has 0 saturated carbocycles. The van der Waals surface area contributed by atoms with Gasteiger partial charge in [-0.05, 0) is 25.1 Å². The van der Waals surface area contributed by atoms with E-state index in [1.807, 2.05) is 5.32 Å². The average Bonchev–Trinajstić information content (AvgIpc) is 3.28. The van der Waals surface area contributed by atoms with Gasteiger partial charge in [-0.15, -0.1) is 0 Å². The molecule has 1 aromatic carbocycles. The van der Waals surface area contributed by atoms with Gasteiger partial charge in [0.2, 0.25) is 0 Å². The first-order chi connectivity index (χ1) is 18.1. The van der Waals surface area contributed by atoms with Gasteiger partial charge in [0.15, 0.2) is 11.0 Å². The van der Waals surface area contributed by atoms with Crippen molar-refractivity contribution in [2.45, 2.75) is 26.0 Å². The Morgan fingerprint density at radius 3 is 2.50 bits per heavy atom. The lowest BCUT2D eigenvalue weighted by Gasteiger charge is -2.25. The van der Waals surface area contributed by atoms with E-state index in [1.54, 1.807) is 11.8 Å². The number of carbonyl (C=O) groups is 2. The molecular formula is C23H24F3N7O5. The Labute approximate surface area is 213 Å². The zero-order chi connectivity index (χ0) is 27.6. The molecular weight excluding hydrogens is 511 g/mol. The molecule has 38 heavy (non-hydrogen) atoms. The summed E-state index contributed by atoms with van der Waals surface area (Å²) < 4.78 is 47.3. The van der Waals surface area contributed by atoms with Gasteiger partial charge in [-0.3, -0.25) is 19.3 Å². The first kappa shape index (κ1) is 26.6. The molecule has 0 aliphatic carbocycles. The number of anilines is 2. The van der Waals surface area contributed by atoms with Gasteiger partial charge in [-0.25, -0.2) is 28.5 Å². The lowest BCUT2D eigenvalue weighted by molar-refractivity contribution is -0.132. The number of alkyl halides is 2. The Kier molecular flexibility index (Phi) is 7.64. The minimum Gasteiger partial charge on any atom is -0.442 e. The lowest BCUT2D eigenvalue weighted by atomic mass is 10.2. The minimum atomic E-state index is -3.19. The smallest absolute Gasteiger partial charge is 0.414 e. The first-order valence-electron chi connectivity index (χ1n) is 11.6. The van der Waals surface area contributed by atoms with E-state index in [-0.39, 0.29) is 48.6 Å². The lowest BCUT2D eigenvalue weighted by Crippen LogP contribution is -2.41. The van der Waals surface area contributed by atoms with Crippen molar-refractivity contribution in [1.82, 2.24) is 24.6 Å². The highest BCUT2D eigenvalue weighted by atomic mass is 19.3. The van der Waals surface area contributed by atoms with Crippen molar-refractivity contribution >= 4 is 34.4 Å². The van der Waals surface area contributed by atoms with Crippen LogP contribution < -0.4 is 26.2 Å². The summed E-state index contributed by atoms with van der Waals surface area (Å²) in [5, 5.41) is 1.98. The number of nitrogens with zero attached hydrogens (tertiary/aromatic N) is 6. The molecule has 4 rings (SSSR count). The number of halogens is 3. The SMILES string of the molecule is CCN(CCn1c(=O)c2nccnc2c(=O)n1C)c1ccc(N2C[C@H](CNC(=O)C(F)F)OC2=O)cc1F. The Bertz CT molecular complexity index is 1490. The average molecular weight is 535 g/mol. The van der Waals surface area contributed by atoms with Gasteiger partial charge in [-0.2, -0.15) is 8.78 Å². The van der Waals surface area contributed by atoms with Gasteiger partial charge < -0.3 is 15.0 Å².